The monoisotopic (exact) mass is 161 g/mol. The van der Waals surface area contributed by atoms with E-state index in [2.05, 4.69) is 0 Å². The zero-order valence-electron chi connectivity index (χ0n) is 6.95. The first kappa shape index (κ1) is 8.53. The maximum absolute atomic E-state index is 10.3. The van der Waals surface area contributed by atoms with Crippen molar-refractivity contribution in [2.45, 2.75) is 6.92 Å². The Bertz CT molecular complexity index is 294. The van der Waals surface area contributed by atoms with Crippen LogP contribution in [-0.4, -0.2) is 6.29 Å². The molecule has 0 aliphatic rings. The van der Waals surface area contributed by atoms with Crippen molar-refractivity contribution >= 4 is 12.4 Å². The van der Waals surface area contributed by atoms with Crippen LogP contribution in [0.25, 0.3) is 6.08 Å². The lowest BCUT2D eigenvalue weighted by Gasteiger charge is -1.94. The van der Waals surface area contributed by atoms with E-state index < -0.39 is 0 Å². The third kappa shape index (κ3) is 2.23. The molecular formula is C10H11NO. The van der Waals surface area contributed by atoms with E-state index in [1.165, 1.54) is 0 Å². The predicted octanol–water partition coefficient (Wildman–Crippen LogP) is 1.82. The Kier molecular flexibility index (Phi) is 2.64. The Hall–Kier alpha value is -1.57. The third-order valence-electron chi connectivity index (χ3n) is 1.47. The highest BCUT2D eigenvalue weighted by Gasteiger charge is 1.89. The molecule has 0 radical (unpaired) electrons. The average molecular weight is 161 g/mol. The highest BCUT2D eigenvalue weighted by Crippen LogP contribution is 2.05. The second-order valence-corrected chi connectivity index (χ2v) is 2.67. The molecule has 1 rings (SSSR count). The Morgan fingerprint density at radius 2 is 1.75 bits per heavy atom. The van der Waals surface area contributed by atoms with Crippen LogP contribution in [0.4, 0.5) is 0 Å². The van der Waals surface area contributed by atoms with Gasteiger partial charge in [0.25, 0.3) is 0 Å². The van der Waals surface area contributed by atoms with Gasteiger partial charge in [-0.15, -0.1) is 0 Å². The summed E-state index contributed by atoms with van der Waals surface area (Å²) in [7, 11) is 0. The number of hydrogen-bond acceptors (Lipinski definition) is 2. The van der Waals surface area contributed by atoms with E-state index in [-0.39, 0.29) is 0 Å². The highest BCUT2D eigenvalue weighted by molar-refractivity contribution is 5.75. The van der Waals surface area contributed by atoms with Gasteiger partial charge in [0, 0.05) is 11.3 Å². The summed E-state index contributed by atoms with van der Waals surface area (Å²) in [5, 5.41) is 0. The summed E-state index contributed by atoms with van der Waals surface area (Å²) < 4.78 is 0. The van der Waals surface area contributed by atoms with Crippen LogP contribution in [0, 0.1) is 0 Å². The summed E-state index contributed by atoms with van der Waals surface area (Å²) in [4.78, 5) is 10.3. The maximum Gasteiger partial charge on any atom is 0.150 e. The minimum atomic E-state index is 0.682. The molecule has 2 heteroatoms. The van der Waals surface area contributed by atoms with Crippen LogP contribution in [0.3, 0.4) is 0 Å². The van der Waals surface area contributed by atoms with E-state index in [4.69, 9.17) is 5.73 Å². The van der Waals surface area contributed by atoms with Crippen molar-refractivity contribution in [2.24, 2.45) is 5.73 Å². The molecule has 1 aromatic carbocycles. The van der Waals surface area contributed by atoms with Gasteiger partial charge in [0.2, 0.25) is 0 Å². The molecular weight excluding hydrogens is 150 g/mol. The fourth-order valence-corrected chi connectivity index (χ4v) is 0.934. The molecule has 2 N–H and O–H groups in total. The number of hydrogen-bond donors (Lipinski definition) is 1. The lowest BCUT2D eigenvalue weighted by Crippen LogP contribution is -1.89. The molecule has 0 amide bonds. The SMILES string of the molecule is C/C(N)=C/c1ccc(C=O)cc1. The lowest BCUT2D eigenvalue weighted by atomic mass is 10.1. The molecule has 1 aromatic rings. The van der Waals surface area contributed by atoms with Crippen molar-refractivity contribution in [2.75, 3.05) is 0 Å². The highest BCUT2D eigenvalue weighted by atomic mass is 16.1. The van der Waals surface area contributed by atoms with Gasteiger partial charge >= 0.3 is 0 Å². The molecule has 0 atom stereocenters. The fraction of sp³-hybridized carbons (Fsp3) is 0.100. The molecule has 0 aromatic heterocycles. The first-order valence-corrected chi connectivity index (χ1v) is 3.71. The number of rotatable bonds is 2. The van der Waals surface area contributed by atoms with Gasteiger partial charge in [0.1, 0.15) is 6.29 Å². The number of nitrogens with two attached hydrogens (primary N) is 1. The van der Waals surface area contributed by atoms with E-state index >= 15 is 0 Å². The molecule has 12 heavy (non-hydrogen) atoms. The van der Waals surface area contributed by atoms with E-state index in [1.54, 1.807) is 12.1 Å². The largest absolute Gasteiger partial charge is 0.402 e. The summed E-state index contributed by atoms with van der Waals surface area (Å²) in [6.45, 7) is 1.83. The third-order valence-corrected chi connectivity index (χ3v) is 1.47. The molecule has 0 saturated carbocycles. The molecule has 0 saturated heterocycles. The van der Waals surface area contributed by atoms with Crippen LogP contribution in [0.15, 0.2) is 30.0 Å². The number of carbonyl (C=O) groups excluding carboxylic acids is 1. The van der Waals surface area contributed by atoms with Crippen molar-refractivity contribution in [3.8, 4) is 0 Å². The standard InChI is InChI=1S/C10H11NO/c1-8(11)6-9-2-4-10(7-12)5-3-9/h2-7H,11H2,1H3/b8-6-. The van der Waals surface area contributed by atoms with Crippen LogP contribution >= 0.6 is 0 Å². The van der Waals surface area contributed by atoms with Gasteiger partial charge in [-0.2, -0.15) is 0 Å². The van der Waals surface area contributed by atoms with E-state index in [0.717, 1.165) is 17.5 Å². The second kappa shape index (κ2) is 3.72. The Balaban J connectivity index is 2.92. The number of carbonyl (C=O) groups is 1. The van der Waals surface area contributed by atoms with Crippen LogP contribution in [-0.2, 0) is 0 Å². The Morgan fingerprint density at radius 3 is 2.17 bits per heavy atom. The number of aldehydes is 1. The Morgan fingerprint density at radius 1 is 1.25 bits per heavy atom. The van der Waals surface area contributed by atoms with Crippen molar-refractivity contribution < 1.29 is 4.79 Å². The van der Waals surface area contributed by atoms with Crippen LogP contribution in [0.2, 0.25) is 0 Å². The summed E-state index contributed by atoms with van der Waals surface area (Å²) in [6, 6.07) is 7.25. The van der Waals surface area contributed by atoms with Gasteiger partial charge < -0.3 is 5.73 Å². The molecule has 0 bridgehead atoms. The summed E-state index contributed by atoms with van der Waals surface area (Å²) in [5.41, 5.74) is 7.94. The molecule has 0 aliphatic carbocycles. The van der Waals surface area contributed by atoms with Crippen LogP contribution < -0.4 is 5.73 Å². The molecule has 2 nitrogen and oxygen atoms in total. The quantitative estimate of drug-likeness (QED) is 0.672. The van der Waals surface area contributed by atoms with Gasteiger partial charge in [-0.3, -0.25) is 4.79 Å². The van der Waals surface area contributed by atoms with Gasteiger partial charge in [-0.05, 0) is 18.6 Å². The average Bonchev–Trinajstić information content (AvgIpc) is 2.05. The first-order valence-electron chi connectivity index (χ1n) is 3.71. The molecule has 62 valence electrons. The van der Waals surface area contributed by atoms with Gasteiger partial charge in [-0.25, -0.2) is 0 Å². The minimum absolute atomic E-state index is 0.682. The Labute approximate surface area is 71.7 Å². The normalized spacial score (nSPS) is 11.2. The van der Waals surface area contributed by atoms with Crippen LogP contribution in [0.1, 0.15) is 22.8 Å². The predicted molar refractivity (Wildman–Crippen MR) is 49.7 cm³/mol. The molecule has 0 fully saturated rings. The van der Waals surface area contributed by atoms with Crippen molar-refractivity contribution in [1.29, 1.82) is 0 Å². The van der Waals surface area contributed by atoms with E-state index in [9.17, 15) is 4.79 Å². The summed E-state index contributed by atoms with van der Waals surface area (Å²) in [5.74, 6) is 0. The van der Waals surface area contributed by atoms with Gasteiger partial charge in [-0.1, -0.05) is 24.3 Å². The smallest absolute Gasteiger partial charge is 0.150 e. The topological polar surface area (TPSA) is 43.1 Å². The zero-order valence-corrected chi connectivity index (χ0v) is 6.95. The lowest BCUT2D eigenvalue weighted by molar-refractivity contribution is 0.112. The van der Waals surface area contributed by atoms with Crippen molar-refractivity contribution in [3.63, 3.8) is 0 Å². The minimum Gasteiger partial charge on any atom is -0.402 e. The molecule has 0 unspecified atom stereocenters. The number of allylic oxidation sites excluding steroid dienone is 1. The first-order chi connectivity index (χ1) is 5.72. The maximum atomic E-state index is 10.3. The van der Waals surface area contributed by atoms with Gasteiger partial charge in [0.05, 0.1) is 0 Å². The van der Waals surface area contributed by atoms with Crippen LogP contribution in [0.5, 0.6) is 0 Å². The van der Waals surface area contributed by atoms with Crippen molar-refractivity contribution in [1.82, 2.24) is 0 Å². The second-order valence-electron chi connectivity index (χ2n) is 2.67. The van der Waals surface area contributed by atoms with E-state index in [0.29, 0.717) is 5.56 Å². The molecule has 0 heterocycles. The van der Waals surface area contributed by atoms with Crippen molar-refractivity contribution in [3.05, 3.63) is 41.1 Å². The summed E-state index contributed by atoms with van der Waals surface area (Å²) >= 11 is 0. The molecule has 0 aliphatic heterocycles. The van der Waals surface area contributed by atoms with E-state index in [1.807, 2.05) is 25.1 Å². The molecule has 0 spiro atoms. The number of benzene rings is 1. The van der Waals surface area contributed by atoms with Gasteiger partial charge in [0.15, 0.2) is 0 Å². The zero-order chi connectivity index (χ0) is 8.97. The summed E-state index contributed by atoms with van der Waals surface area (Å²) in [6.07, 6.45) is 2.68. The fourth-order valence-electron chi connectivity index (χ4n) is 0.934.